The minimum Gasteiger partial charge on any atom is -0.355 e. The molecule has 0 aromatic carbocycles. The highest BCUT2D eigenvalue weighted by molar-refractivity contribution is 5.81. The first kappa shape index (κ1) is 13.8. The van der Waals surface area contributed by atoms with Crippen molar-refractivity contribution < 1.29 is 4.79 Å². The Kier molecular flexibility index (Phi) is 5.01. The van der Waals surface area contributed by atoms with Crippen molar-refractivity contribution in [3.8, 4) is 0 Å². The monoisotopic (exact) mass is 253 g/mol. The lowest BCUT2D eigenvalue weighted by Crippen LogP contribution is -2.51. The van der Waals surface area contributed by atoms with E-state index in [4.69, 9.17) is 0 Å². The number of amides is 1. The SMILES string of the molecule is CCNC(=O)C(C)N1CCC(NCC2CC2)CC1. The molecule has 1 saturated heterocycles. The van der Waals surface area contributed by atoms with Gasteiger partial charge in [0.15, 0.2) is 0 Å². The summed E-state index contributed by atoms with van der Waals surface area (Å²) in [6.45, 7) is 8.00. The molecule has 18 heavy (non-hydrogen) atoms. The van der Waals surface area contributed by atoms with E-state index in [9.17, 15) is 4.79 Å². The van der Waals surface area contributed by atoms with Crippen LogP contribution in [0.3, 0.4) is 0 Å². The maximum absolute atomic E-state index is 11.8. The van der Waals surface area contributed by atoms with Crippen molar-refractivity contribution in [2.24, 2.45) is 5.92 Å². The van der Waals surface area contributed by atoms with Crippen molar-refractivity contribution in [2.75, 3.05) is 26.2 Å². The van der Waals surface area contributed by atoms with Gasteiger partial charge < -0.3 is 10.6 Å². The maximum Gasteiger partial charge on any atom is 0.237 e. The van der Waals surface area contributed by atoms with E-state index in [1.807, 2.05) is 13.8 Å². The number of rotatable bonds is 6. The van der Waals surface area contributed by atoms with Gasteiger partial charge in [-0.25, -0.2) is 0 Å². The second kappa shape index (κ2) is 6.53. The van der Waals surface area contributed by atoms with Crippen LogP contribution in [0.4, 0.5) is 0 Å². The Labute approximate surface area is 110 Å². The molecule has 0 aromatic rings. The van der Waals surface area contributed by atoms with Crippen molar-refractivity contribution >= 4 is 5.91 Å². The predicted molar refractivity (Wildman–Crippen MR) is 73.5 cm³/mol. The number of carbonyl (C=O) groups is 1. The zero-order valence-corrected chi connectivity index (χ0v) is 11.7. The molecule has 4 heteroatoms. The molecule has 1 amide bonds. The van der Waals surface area contributed by atoms with Crippen molar-refractivity contribution in [1.82, 2.24) is 15.5 Å². The third-order valence-corrected chi connectivity index (χ3v) is 4.20. The molecule has 0 bridgehead atoms. The number of likely N-dealkylation sites (tertiary alicyclic amines) is 1. The molecule has 2 rings (SSSR count). The van der Waals surface area contributed by atoms with Gasteiger partial charge in [0.25, 0.3) is 0 Å². The molecule has 0 spiro atoms. The predicted octanol–water partition coefficient (Wildman–Crippen LogP) is 0.975. The number of hydrogen-bond donors (Lipinski definition) is 2. The molecule has 1 atom stereocenters. The standard InChI is InChI=1S/C14H27N3O/c1-3-15-14(18)11(2)17-8-6-13(7-9-17)16-10-12-4-5-12/h11-13,16H,3-10H2,1-2H3,(H,15,18). The smallest absolute Gasteiger partial charge is 0.237 e. The van der Waals surface area contributed by atoms with Crippen LogP contribution >= 0.6 is 0 Å². The van der Waals surface area contributed by atoms with E-state index >= 15 is 0 Å². The van der Waals surface area contributed by atoms with Gasteiger partial charge in [-0.05, 0) is 52.0 Å². The molecule has 0 radical (unpaired) electrons. The van der Waals surface area contributed by atoms with Gasteiger partial charge in [0.05, 0.1) is 6.04 Å². The summed E-state index contributed by atoms with van der Waals surface area (Å²) in [4.78, 5) is 14.1. The topological polar surface area (TPSA) is 44.4 Å². The highest BCUT2D eigenvalue weighted by Gasteiger charge is 2.27. The van der Waals surface area contributed by atoms with Crippen LogP contribution in [0.25, 0.3) is 0 Å². The molecule has 0 aromatic heterocycles. The van der Waals surface area contributed by atoms with Crippen LogP contribution in [0.5, 0.6) is 0 Å². The van der Waals surface area contributed by atoms with Crippen molar-refractivity contribution in [3.63, 3.8) is 0 Å². The van der Waals surface area contributed by atoms with Gasteiger partial charge in [-0.1, -0.05) is 0 Å². The second-order valence-electron chi connectivity index (χ2n) is 5.73. The van der Waals surface area contributed by atoms with Gasteiger partial charge in [0, 0.05) is 25.7 Å². The minimum atomic E-state index is 0.0225. The number of nitrogens with zero attached hydrogens (tertiary/aromatic N) is 1. The van der Waals surface area contributed by atoms with Crippen LogP contribution in [0.1, 0.15) is 39.5 Å². The van der Waals surface area contributed by atoms with E-state index < -0.39 is 0 Å². The molecule has 1 unspecified atom stereocenters. The van der Waals surface area contributed by atoms with E-state index in [1.54, 1.807) is 0 Å². The van der Waals surface area contributed by atoms with E-state index in [0.29, 0.717) is 6.04 Å². The van der Waals surface area contributed by atoms with Crippen LogP contribution in [-0.4, -0.2) is 49.1 Å². The molecule has 2 fully saturated rings. The molecule has 2 N–H and O–H groups in total. The van der Waals surface area contributed by atoms with Crippen LogP contribution in [0.15, 0.2) is 0 Å². The van der Waals surface area contributed by atoms with Crippen molar-refractivity contribution in [2.45, 2.75) is 51.6 Å². The van der Waals surface area contributed by atoms with Gasteiger partial charge in [-0.15, -0.1) is 0 Å². The lowest BCUT2D eigenvalue weighted by molar-refractivity contribution is -0.126. The van der Waals surface area contributed by atoms with E-state index in [1.165, 1.54) is 32.2 Å². The van der Waals surface area contributed by atoms with Gasteiger partial charge in [-0.3, -0.25) is 9.69 Å². The van der Waals surface area contributed by atoms with Gasteiger partial charge in [0.2, 0.25) is 5.91 Å². The van der Waals surface area contributed by atoms with Crippen LogP contribution in [0, 0.1) is 5.92 Å². The Morgan fingerprint density at radius 2 is 1.94 bits per heavy atom. The largest absolute Gasteiger partial charge is 0.355 e. The molecule has 1 aliphatic heterocycles. The summed E-state index contributed by atoms with van der Waals surface area (Å²) in [6, 6.07) is 0.692. The average molecular weight is 253 g/mol. The minimum absolute atomic E-state index is 0.0225. The summed E-state index contributed by atoms with van der Waals surface area (Å²) in [5, 5.41) is 6.58. The summed E-state index contributed by atoms with van der Waals surface area (Å²) in [5.74, 6) is 1.12. The Balaban J connectivity index is 1.66. The number of hydrogen-bond acceptors (Lipinski definition) is 3. The van der Waals surface area contributed by atoms with Gasteiger partial charge >= 0.3 is 0 Å². The highest BCUT2D eigenvalue weighted by Crippen LogP contribution is 2.28. The van der Waals surface area contributed by atoms with Gasteiger partial charge in [-0.2, -0.15) is 0 Å². The highest BCUT2D eigenvalue weighted by atomic mass is 16.2. The number of nitrogens with one attached hydrogen (secondary N) is 2. The molecule has 4 nitrogen and oxygen atoms in total. The van der Waals surface area contributed by atoms with Crippen molar-refractivity contribution in [3.05, 3.63) is 0 Å². The lowest BCUT2D eigenvalue weighted by Gasteiger charge is -2.35. The molecule has 1 heterocycles. The Hall–Kier alpha value is -0.610. The first-order chi connectivity index (χ1) is 8.70. The molecule has 1 aliphatic carbocycles. The zero-order chi connectivity index (χ0) is 13.0. The quantitative estimate of drug-likeness (QED) is 0.741. The fraction of sp³-hybridized carbons (Fsp3) is 0.929. The molecule has 1 saturated carbocycles. The van der Waals surface area contributed by atoms with Crippen LogP contribution < -0.4 is 10.6 Å². The number of carbonyl (C=O) groups excluding carboxylic acids is 1. The maximum atomic E-state index is 11.8. The Bertz CT molecular complexity index is 270. The molecular formula is C14H27N3O. The third kappa shape index (κ3) is 3.95. The summed E-state index contributed by atoms with van der Waals surface area (Å²) in [5.41, 5.74) is 0. The normalized spacial score (nSPS) is 23.9. The van der Waals surface area contributed by atoms with Crippen LogP contribution in [0.2, 0.25) is 0 Å². The van der Waals surface area contributed by atoms with E-state index in [0.717, 1.165) is 25.6 Å². The van der Waals surface area contributed by atoms with E-state index in [-0.39, 0.29) is 11.9 Å². The van der Waals surface area contributed by atoms with Crippen LogP contribution in [-0.2, 0) is 4.79 Å². The molecule has 2 aliphatic rings. The van der Waals surface area contributed by atoms with Gasteiger partial charge in [0.1, 0.15) is 0 Å². The van der Waals surface area contributed by atoms with Crippen molar-refractivity contribution in [1.29, 1.82) is 0 Å². The fourth-order valence-corrected chi connectivity index (χ4v) is 2.63. The number of likely N-dealkylation sites (N-methyl/N-ethyl adjacent to an activating group) is 1. The summed E-state index contributed by atoms with van der Waals surface area (Å²) in [7, 11) is 0. The number of piperidine rings is 1. The average Bonchev–Trinajstić information content (AvgIpc) is 3.20. The first-order valence-electron chi connectivity index (χ1n) is 7.45. The zero-order valence-electron chi connectivity index (χ0n) is 11.7. The first-order valence-corrected chi connectivity index (χ1v) is 7.45. The second-order valence-corrected chi connectivity index (χ2v) is 5.73. The molecular weight excluding hydrogens is 226 g/mol. The lowest BCUT2D eigenvalue weighted by atomic mass is 10.0. The summed E-state index contributed by atoms with van der Waals surface area (Å²) in [6.07, 6.45) is 5.19. The molecule has 104 valence electrons. The fourth-order valence-electron chi connectivity index (χ4n) is 2.63. The summed E-state index contributed by atoms with van der Waals surface area (Å²) >= 11 is 0. The Morgan fingerprint density at radius 1 is 1.28 bits per heavy atom. The van der Waals surface area contributed by atoms with E-state index in [2.05, 4.69) is 15.5 Å². The third-order valence-electron chi connectivity index (χ3n) is 4.20. The summed E-state index contributed by atoms with van der Waals surface area (Å²) < 4.78 is 0. The Morgan fingerprint density at radius 3 is 2.50 bits per heavy atom.